The highest BCUT2D eigenvalue weighted by molar-refractivity contribution is 5.93. The Bertz CT molecular complexity index is 615. The molecule has 124 valence electrons. The third-order valence-electron chi connectivity index (χ3n) is 3.89. The first-order chi connectivity index (χ1) is 11.2. The van der Waals surface area contributed by atoms with E-state index in [2.05, 4.69) is 48.3 Å². The Balaban J connectivity index is 1.87. The molecular formula is C18H25N3O2. The van der Waals surface area contributed by atoms with Gasteiger partial charge >= 0.3 is 0 Å². The third kappa shape index (κ3) is 4.94. The summed E-state index contributed by atoms with van der Waals surface area (Å²) >= 11 is 0. The molecule has 0 unspecified atom stereocenters. The van der Waals surface area contributed by atoms with Crippen LogP contribution in [0.2, 0.25) is 0 Å². The van der Waals surface area contributed by atoms with E-state index in [0.29, 0.717) is 24.4 Å². The largest absolute Gasteiger partial charge is 0.467 e. The number of amides is 1. The Labute approximate surface area is 137 Å². The molecule has 0 aliphatic heterocycles. The number of benzene rings is 1. The van der Waals surface area contributed by atoms with Crippen molar-refractivity contribution in [2.75, 3.05) is 13.1 Å². The van der Waals surface area contributed by atoms with Gasteiger partial charge in [0.1, 0.15) is 12.0 Å². The summed E-state index contributed by atoms with van der Waals surface area (Å²) in [7, 11) is 0. The van der Waals surface area contributed by atoms with E-state index in [1.165, 1.54) is 11.8 Å². The van der Waals surface area contributed by atoms with Gasteiger partial charge in [0.25, 0.3) is 5.91 Å². The van der Waals surface area contributed by atoms with Crippen molar-refractivity contribution in [3.05, 3.63) is 59.0 Å². The highest BCUT2D eigenvalue weighted by atomic mass is 16.3. The number of nitrogens with two attached hydrogens (primary N) is 1. The maximum absolute atomic E-state index is 12.0. The molecule has 0 fully saturated rings. The summed E-state index contributed by atoms with van der Waals surface area (Å²) < 4.78 is 5.17. The van der Waals surface area contributed by atoms with Crippen LogP contribution in [0.4, 0.5) is 0 Å². The minimum Gasteiger partial charge on any atom is -0.467 e. The molecule has 0 aliphatic rings. The second-order valence-electron chi connectivity index (χ2n) is 5.47. The van der Waals surface area contributed by atoms with Gasteiger partial charge in [-0.2, -0.15) is 0 Å². The normalized spacial score (nSPS) is 11.0. The van der Waals surface area contributed by atoms with E-state index in [1.54, 1.807) is 6.07 Å². The van der Waals surface area contributed by atoms with E-state index in [-0.39, 0.29) is 5.91 Å². The Morgan fingerprint density at radius 2 is 1.83 bits per heavy atom. The summed E-state index contributed by atoms with van der Waals surface area (Å²) in [5.74, 6) is 0.455. The zero-order valence-corrected chi connectivity index (χ0v) is 13.8. The highest BCUT2D eigenvalue weighted by Gasteiger charge is 2.09. The molecule has 0 radical (unpaired) electrons. The van der Waals surface area contributed by atoms with Gasteiger partial charge in [0, 0.05) is 13.1 Å². The van der Waals surface area contributed by atoms with Gasteiger partial charge in [0.2, 0.25) is 0 Å². The Kier molecular flexibility index (Phi) is 6.38. The van der Waals surface area contributed by atoms with E-state index in [9.17, 15) is 4.79 Å². The van der Waals surface area contributed by atoms with Gasteiger partial charge in [-0.05, 0) is 30.3 Å². The molecule has 0 spiro atoms. The number of carbonyl (C=O) groups is 1. The third-order valence-corrected chi connectivity index (χ3v) is 3.89. The van der Waals surface area contributed by atoms with Crippen LogP contribution in [-0.4, -0.2) is 23.9 Å². The molecule has 2 aromatic rings. The monoisotopic (exact) mass is 315 g/mol. The molecule has 3 N–H and O–H groups in total. The lowest BCUT2D eigenvalue weighted by atomic mass is 10.1. The lowest BCUT2D eigenvalue weighted by molar-refractivity contribution is 0.0950. The van der Waals surface area contributed by atoms with Gasteiger partial charge in [0.05, 0.1) is 12.1 Å². The fourth-order valence-electron chi connectivity index (χ4n) is 2.36. The first-order valence-electron chi connectivity index (χ1n) is 8.02. The second-order valence-corrected chi connectivity index (χ2v) is 5.47. The summed E-state index contributed by atoms with van der Waals surface area (Å²) in [4.78, 5) is 14.4. The van der Waals surface area contributed by atoms with E-state index >= 15 is 0 Å². The van der Waals surface area contributed by atoms with Crippen molar-refractivity contribution in [2.24, 2.45) is 5.73 Å². The summed E-state index contributed by atoms with van der Waals surface area (Å²) in [5.41, 5.74) is 8.33. The minimum atomic E-state index is -0.152. The molecule has 1 heterocycles. The number of carbonyl (C=O) groups excluding carboxylic acids is 1. The Morgan fingerprint density at radius 3 is 2.39 bits per heavy atom. The zero-order valence-electron chi connectivity index (χ0n) is 13.8. The van der Waals surface area contributed by atoms with Gasteiger partial charge < -0.3 is 15.5 Å². The van der Waals surface area contributed by atoms with Gasteiger partial charge in [0.15, 0.2) is 0 Å². The maximum atomic E-state index is 12.0. The summed E-state index contributed by atoms with van der Waals surface area (Å²) in [5, 5.41) is 2.89. The van der Waals surface area contributed by atoms with E-state index in [1.807, 2.05) is 0 Å². The van der Waals surface area contributed by atoms with Gasteiger partial charge in [-0.3, -0.25) is 9.69 Å². The number of rotatable bonds is 8. The van der Waals surface area contributed by atoms with Crippen molar-refractivity contribution < 1.29 is 9.21 Å². The lowest BCUT2D eigenvalue weighted by Crippen LogP contribution is -2.23. The van der Waals surface area contributed by atoms with E-state index < -0.39 is 0 Å². The van der Waals surface area contributed by atoms with Crippen molar-refractivity contribution in [1.82, 2.24) is 10.2 Å². The molecule has 23 heavy (non-hydrogen) atoms. The number of nitrogens with zero attached hydrogens (tertiary/aromatic N) is 1. The van der Waals surface area contributed by atoms with Crippen molar-refractivity contribution in [3.8, 4) is 0 Å². The Hall–Kier alpha value is -2.11. The summed E-state index contributed by atoms with van der Waals surface area (Å²) in [6.45, 7) is 8.16. The second kappa shape index (κ2) is 8.50. The highest BCUT2D eigenvalue weighted by Crippen LogP contribution is 2.09. The summed E-state index contributed by atoms with van der Waals surface area (Å²) in [6, 6.07) is 10.0. The molecule has 1 aromatic carbocycles. The number of nitrogens with one attached hydrogen (secondary N) is 1. The average Bonchev–Trinajstić information content (AvgIpc) is 3.08. The standard InChI is InChI=1S/C18H25N3O2/c1-3-21(4-2)12-15-7-5-14(6-8-15)11-20-18(22)16-9-17(10-19)23-13-16/h5-9,13H,3-4,10-12,19H2,1-2H3,(H,20,22). The average molecular weight is 315 g/mol. The van der Waals surface area contributed by atoms with Crippen LogP contribution < -0.4 is 11.1 Å². The topological polar surface area (TPSA) is 71.5 Å². The number of hydrogen-bond acceptors (Lipinski definition) is 4. The van der Waals surface area contributed by atoms with Crippen LogP contribution in [0.1, 0.15) is 41.1 Å². The fraction of sp³-hybridized carbons (Fsp3) is 0.389. The Morgan fingerprint density at radius 1 is 1.17 bits per heavy atom. The van der Waals surface area contributed by atoms with Crippen LogP contribution in [0.5, 0.6) is 0 Å². The molecule has 0 bridgehead atoms. The molecule has 0 aliphatic carbocycles. The molecule has 0 atom stereocenters. The molecule has 1 amide bonds. The molecule has 0 saturated heterocycles. The van der Waals surface area contributed by atoms with Crippen LogP contribution in [0.25, 0.3) is 0 Å². The molecule has 5 nitrogen and oxygen atoms in total. The molecule has 5 heteroatoms. The van der Waals surface area contributed by atoms with Crippen LogP contribution >= 0.6 is 0 Å². The van der Waals surface area contributed by atoms with Gasteiger partial charge in [-0.1, -0.05) is 38.1 Å². The molecule has 0 saturated carbocycles. The van der Waals surface area contributed by atoms with E-state index in [4.69, 9.17) is 10.2 Å². The fourth-order valence-corrected chi connectivity index (χ4v) is 2.36. The first-order valence-corrected chi connectivity index (χ1v) is 8.02. The molecule has 1 aromatic heterocycles. The van der Waals surface area contributed by atoms with Crippen LogP contribution in [-0.2, 0) is 19.6 Å². The van der Waals surface area contributed by atoms with Crippen molar-refractivity contribution in [3.63, 3.8) is 0 Å². The molecule has 2 rings (SSSR count). The smallest absolute Gasteiger partial charge is 0.254 e. The van der Waals surface area contributed by atoms with Crippen LogP contribution in [0.3, 0.4) is 0 Å². The predicted octanol–water partition coefficient (Wildman–Crippen LogP) is 2.51. The minimum absolute atomic E-state index is 0.152. The quantitative estimate of drug-likeness (QED) is 0.785. The van der Waals surface area contributed by atoms with Gasteiger partial charge in [-0.25, -0.2) is 0 Å². The zero-order chi connectivity index (χ0) is 16.7. The molecular weight excluding hydrogens is 290 g/mol. The van der Waals surface area contributed by atoms with Crippen LogP contribution in [0.15, 0.2) is 41.0 Å². The van der Waals surface area contributed by atoms with Crippen molar-refractivity contribution in [2.45, 2.75) is 33.5 Å². The van der Waals surface area contributed by atoms with E-state index in [0.717, 1.165) is 25.2 Å². The van der Waals surface area contributed by atoms with Crippen LogP contribution in [0, 0.1) is 0 Å². The maximum Gasteiger partial charge on any atom is 0.254 e. The lowest BCUT2D eigenvalue weighted by Gasteiger charge is -2.18. The van der Waals surface area contributed by atoms with Crippen molar-refractivity contribution in [1.29, 1.82) is 0 Å². The van der Waals surface area contributed by atoms with Gasteiger partial charge in [-0.15, -0.1) is 0 Å². The number of hydrogen-bond donors (Lipinski definition) is 2. The first kappa shape index (κ1) is 17.2. The summed E-state index contributed by atoms with van der Waals surface area (Å²) in [6.07, 6.45) is 1.44. The van der Waals surface area contributed by atoms with Crippen molar-refractivity contribution >= 4 is 5.91 Å². The predicted molar refractivity (Wildman–Crippen MR) is 90.8 cm³/mol. The SMILES string of the molecule is CCN(CC)Cc1ccc(CNC(=O)c2coc(CN)c2)cc1. The number of furan rings is 1.